The van der Waals surface area contributed by atoms with Crippen molar-refractivity contribution in [3.63, 3.8) is 0 Å². The molecule has 0 aliphatic heterocycles. The predicted octanol–water partition coefficient (Wildman–Crippen LogP) is 3.52. The van der Waals surface area contributed by atoms with Crippen molar-refractivity contribution in [3.05, 3.63) is 59.7 Å². The van der Waals surface area contributed by atoms with E-state index >= 15 is 0 Å². The van der Waals surface area contributed by atoms with Gasteiger partial charge in [0, 0.05) is 24.3 Å². The lowest BCUT2D eigenvalue weighted by molar-refractivity contribution is 0.187. The zero-order valence-corrected chi connectivity index (χ0v) is 16.6. The molecule has 0 radical (unpaired) electrons. The van der Waals surface area contributed by atoms with E-state index in [9.17, 15) is 4.79 Å². The minimum absolute atomic E-state index is 0.489. The number of carbonyl (C=O) groups excluding carboxylic acids is 1. The van der Waals surface area contributed by atoms with Gasteiger partial charge in [0.05, 0.1) is 20.3 Å². The molecule has 0 heterocycles. The van der Waals surface area contributed by atoms with Crippen molar-refractivity contribution >= 4 is 17.7 Å². The molecule has 7 heteroatoms. The van der Waals surface area contributed by atoms with Crippen LogP contribution in [0.2, 0.25) is 0 Å². The summed E-state index contributed by atoms with van der Waals surface area (Å²) in [5.74, 6) is 1.60. The van der Waals surface area contributed by atoms with Crippen LogP contribution in [0.5, 0.6) is 5.75 Å². The number of ether oxygens (including phenoxy) is 2. The highest BCUT2D eigenvalue weighted by Crippen LogP contribution is 2.17. The van der Waals surface area contributed by atoms with Gasteiger partial charge in [-0.25, -0.2) is 9.79 Å². The lowest BCUT2D eigenvalue weighted by atomic mass is 10.2. The first-order chi connectivity index (χ1) is 13.7. The van der Waals surface area contributed by atoms with Gasteiger partial charge in [0.1, 0.15) is 5.75 Å². The van der Waals surface area contributed by atoms with E-state index in [0.717, 1.165) is 29.4 Å². The molecule has 0 aliphatic carbocycles. The third kappa shape index (κ3) is 6.83. The standard InChI is InChI=1S/C21H28N4O3/c1-4-22-20(24-15-17-8-6-7-9-19(17)28-5-2)23-14-16-10-12-18(13-11-16)25-21(26)27-3/h6-13H,4-5,14-15H2,1-3H3,(H,25,26)(H2,22,23,24). The topological polar surface area (TPSA) is 84.0 Å². The number of anilines is 1. The molecule has 7 nitrogen and oxygen atoms in total. The third-order valence-electron chi connectivity index (χ3n) is 3.87. The Balaban J connectivity index is 1.97. The molecular formula is C21H28N4O3. The Morgan fingerprint density at radius 3 is 2.46 bits per heavy atom. The minimum Gasteiger partial charge on any atom is -0.494 e. The van der Waals surface area contributed by atoms with Gasteiger partial charge in [-0.2, -0.15) is 0 Å². The summed E-state index contributed by atoms with van der Waals surface area (Å²) in [5, 5.41) is 9.21. The monoisotopic (exact) mass is 384 g/mol. The molecule has 150 valence electrons. The molecule has 1 amide bonds. The summed E-state index contributed by atoms with van der Waals surface area (Å²) in [6.07, 6.45) is -0.489. The van der Waals surface area contributed by atoms with Gasteiger partial charge in [0.15, 0.2) is 5.96 Å². The SMILES string of the molecule is CCNC(=NCc1ccc(NC(=O)OC)cc1)NCc1ccccc1OCC. The Kier molecular flexibility index (Phi) is 8.65. The molecule has 28 heavy (non-hydrogen) atoms. The molecule has 0 saturated carbocycles. The van der Waals surface area contributed by atoms with E-state index < -0.39 is 6.09 Å². The molecule has 0 unspecified atom stereocenters. The van der Waals surface area contributed by atoms with E-state index in [4.69, 9.17) is 4.74 Å². The molecule has 0 saturated heterocycles. The van der Waals surface area contributed by atoms with E-state index in [2.05, 4.69) is 25.7 Å². The minimum atomic E-state index is -0.489. The number of guanidine groups is 1. The number of amides is 1. The van der Waals surface area contributed by atoms with E-state index in [1.54, 1.807) is 0 Å². The number of nitrogens with zero attached hydrogens (tertiary/aromatic N) is 1. The number of aliphatic imine (C=N–C) groups is 1. The van der Waals surface area contributed by atoms with E-state index in [1.807, 2.05) is 62.4 Å². The molecule has 2 aromatic carbocycles. The number of para-hydroxylation sites is 1. The number of hydrogen-bond donors (Lipinski definition) is 3. The molecule has 0 bridgehead atoms. The first-order valence-corrected chi connectivity index (χ1v) is 9.33. The van der Waals surface area contributed by atoms with Crippen LogP contribution in [0.3, 0.4) is 0 Å². The number of carbonyl (C=O) groups is 1. The van der Waals surface area contributed by atoms with Crippen LogP contribution in [0.25, 0.3) is 0 Å². The number of hydrogen-bond acceptors (Lipinski definition) is 4. The summed E-state index contributed by atoms with van der Waals surface area (Å²) >= 11 is 0. The molecule has 2 rings (SSSR count). The van der Waals surface area contributed by atoms with Crippen LogP contribution in [0.1, 0.15) is 25.0 Å². The summed E-state index contributed by atoms with van der Waals surface area (Å²) in [6.45, 7) is 6.53. The van der Waals surface area contributed by atoms with Crippen molar-refractivity contribution in [2.45, 2.75) is 26.9 Å². The fraction of sp³-hybridized carbons (Fsp3) is 0.333. The summed E-state index contributed by atoms with van der Waals surface area (Å²) in [6, 6.07) is 15.4. The largest absolute Gasteiger partial charge is 0.494 e. The Bertz CT molecular complexity index is 775. The fourth-order valence-electron chi connectivity index (χ4n) is 2.50. The molecular weight excluding hydrogens is 356 g/mol. The van der Waals surface area contributed by atoms with Crippen molar-refractivity contribution in [1.29, 1.82) is 0 Å². The lowest BCUT2D eigenvalue weighted by Gasteiger charge is -2.14. The van der Waals surface area contributed by atoms with Crippen molar-refractivity contribution in [3.8, 4) is 5.75 Å². The average molecular weight is 384 g/mol. The zero-order chi connectivity index (χ0) is 20.2. The average Bonchev–Trinajstić information content (AvgIpc) is 2.72. The molecule has 2 aromatic rings. The second-order valence-electron chi connectivity index (χ2n) is 5.90. The first-order valence-electron chi connectivity index (χ1n) is 9.33. The first kappa shape index (κ1) is 21.1. The Morgan fingerprint density at radius 2 is 1.79 bits per heavy atom. The van der Waals surface area contributed by atoms with E-state index in [0.29, 0.717) is 25.4 Å². The van der Waals surface area contributed by atoms with Gasteiger partial charge in [0.25, 0.3) is 0 Å². The number of methoxy groups -OCH3 is 1. The van der Waals surface area contributed by atoms with Crippen LogP contribution >= 0.6 is 0 Å². The summed E-state index contributed by atoms with van der Waals surface area (Å²) in [4.78, 5) is 15.8. The van der Waals surface area contributed by atoms with Gasteiger partial charge in [0.2, 0.25) is 0 Å². The molecule has 0 spiro atoms. The van der Waals surface area contributed by atoms with Gasteiger partial charge in [-0.15, -0.1) is 0 Å². The van der Waals surface area contributed by atoms with Gasteiger partial charge < -0.3 is 20.1 Å². The summed E-state index contributed by atoms with van der Waals surface area (Å²) in [5.41, 5.74) is 2.78. The van der Waals surface area contributed by atoms with Crippen LogP contribution in [0.15, 0.2) is 53.5 Å². The highest BCUT2D eigenvalue weighted by atomic mass is 16.5. The lowest BCUT2D eigenvalue weighted by Crippen LogP contribution is -2.36. The highest BCUT2D eigenvalue weighted by Gasteiger charge is 2.04. The van der Waals surface area contributed by atoms with Gasteiger partial charge in [-0.3, -0.25) is 5.32 Å². The molecule has 0 fully saturated rings. The Labute approximate surface area is 166 Å². The summed E-state index contributed by atoms with van der Waals surface area (Å²) in [7, 11) is 1.33. The Morgan fingerprint density at radius 1 is 1.04 bits per heavy atom. The predicted molar refractivity (Wildman–Crippen MR) is 112 cm³/mol. The smallest absolute Gasteiger partial charge is 0.411 e. The molecule has 0 aliphatic rings. The highest BCUT2D eigenvalue weighted by molar-refractivity contribution is 5.84. The molecule has 3 N–H and O–H groups in total. The van der Waals surface area contributed by atoms with Crippen molar-refractivity contribution in [2.75, 3.05) is 25.6 Å². The molecule has 0 atom stereocenters. The Hall–Kier alpha value is -3.22. The quantitative estimate of drug-likeness (QED) is 0.479. The second kappa shape index (κ2) is 11.5. The third-order valence-corrected chi connectivity index (χ3v) is 3.87. The van der Waals surface area contributed by atoms with Gasteiger partial charge in [-0.05, 0) is 37.6 Å². The van der Waals surface area contributed by atoms with Crippen molar-refractivity contribution in [2.24, 2.45) is 4.99 Å². The van der Waals surface area contributed by atoms with Gasteiger partial charge in [-0.1, -0.05) is 30.3 Å². The zero-order valence-electron chi connectivity index (χ0n) is 16.6. The van der Waals surface area contributed by atoms with Crippen LogP contribution in [0.4, 0.5) is 10.5 Å². The maximum atomic E-state index is 11.2. The van der Waals surface area contributed by atoms with Crippen LogP contribution in [-0.2, 0) is 17.8 Å². The van der Waals surface area contributed by atoms with E-state index in [1.165, 1.54) is 7.11 Å². The van der Waals surface area contributed by atoms with Crippen molar-refractivity contribution < 1.29 is 14.3 Å². The van der Waals surface area contributed by atoms with Crippen molar-refractivity contribution in [1.82, 2.24) is 10.6 Å². The normalized spacial score (nSPS) is 10.9. The van der Waals surface area contributed by atoms with Crippen LogP contribution in [-0.4, -0.2) is 32.3 Å². The fourth-order valence-corrected chi connectivity index (χ4v) is 2.50. The maximum Gasteiger partial charge on any atom is 0.411 e. The molecule has 0 aromatic heterocycles. The van der Waals surface area contributed by atoms with Crippen LogP contribution in [0, 0.1) is 0 Å². The second-order valence-corrected chi connectivity index (χ2v) is 5.90. The van der Waals surface area contributed by atoms with Crippen LogP contribution < -0.4 is 20.7 Å². The number of nitrogens with one attached hydrogen (secondary N) is 3. The maximum absolute atomic E-state index is 11.2. The summed E-state index contributed by atoms with van der Waals surface area (Å²) < 4.78 is 10.2. The van der Waals surface area contributed by atoms with Gasteiger partial charge >= 0.3 is 6.09 Å². The number of rotatable bonds is 8. The number of benzene rings is 2. The van der Waals surface area contributed by atoms with E-state index in [-0.39, 0.29) is 0 Å².